The number of hydrogen-bond donors (Lipinski definition) is 2. The first-order valence-electron chi connectivity index (χ1n) is 6.77. The van der Waals surface area contributed by atoms with E-state index in [1.165, 1.54) is 28.0 Å². The molecule has 0 bridgehead atoms. The number of aliphatic hydroxyl groups is 2. The average molecular weight is 481 g/mol. The van der Waals surface area contributed by atoms with Crippen LogP contribution in [0.4, 0.5) is 0 Å². The van der Waals surface area contributed by atoms with Crippen molar-refractivity contribution in [2.24, 2.45) is 0 Å². The predicted molar refractivity (Wildman–Crippen MR) is 86.6 cm³/mol. The van der Waals surface area contributed by atoms with Crippen LogP contribution in [0.3, 0.4) is 0 Å². The SMILES string of the molecule is CC(C)(O)c1cccc(C(C)(C)O)n1.[Bi][c]1ccccc1. The molecule has 2 N–H and O–H groups in total. The van der Waals surface area contributed by atoms with Crippen LogP contribution in [-0.4, -0.2) is 39.9 Å². The number of pyridine rings is 1. The van der Waals surface area contributed by atoms with E-state index in [4.69, 9.17) is 0 Å². The van der Waals surface area contributed by atoms with Gasteiger partial charge in [0.25, 0.3) is 0 Å². The van der Waals surface area contributed by atoms with Gasteiger partial charge in [-0.05, 0) is 39.8 Å². The summed E-state index contributed by atoms with van der Waals surface area (Å²) in [5.41, 5.74) is -0.808. The van der Waals surface area contributed by atoms with E-state index in [1.54, 1.807) is 45.9 Å². The van der Waals surface area contributed by atoms with Crippen molar-refractivity contribution in [2.75, 3.05) is 0 Å². The van der Waals surface area contributed by atoms with Crippen LogP contribution in [-0.2, 0) is 11.2 Å². The third-order valence-electron chi connectivity index (χ3n) is 2.76. The van der Waals surface area contributed by atoms with E-state index in [0.717, 1.165) is 0 Å². The summed E-state index contributed by atoms with van der Waals surface area (Å²) in [5, 5.41) is 19.5. The van der Waals surface area contributed by atoms with Crippen LogP contribution in [0.15, 0.2) is 48.5 Å². The Bertz CT molecular complexity index is 528. The van der Waals surface area contributed by atoms with Gasteiger partial charge in [0.2, 0.25) is 0 Å². The second-order valence-corrected chi connectivity index (χ2v) is 7.87. The third kappa shape index (κ3) is 6.64. The Balaban J connectivity index is 0.000000262. The van der Waals surface area contributed by atoms with Gasteiger partial charge in [-0.3, -0.25) is 4.98 Å². The van der Waals surface area contributed by atoms with E-state index in [2.05, 4.69) is 29.2 Å². The Kier molecular flexibility index (Phi) is 6.46. The first-order chi connectivity index (χ1) is 9.60. The fraction of sp³-hybridized carbons (Fsp3) is 0.353. The van der Waals surface area contributed by atoms with Crippen molar-refractivity contribution in [1.29, 1.82) is 0 Å². The van der Waals surface area contributed by atoms with Gasteiger partial charge in [0, 0.05) is 0 Å². The minimum atomic E-state index is -0.971. The van der Waals surface area contributed by atoms with E-state index in [9.17, 15) is 10.2 Å². The molecule has 21 heavy (non-hydrogen) atoms. The van der Waals surface area contributed by atoms with Gasteiger partial charge in [0.1, 0.15) is 11.2 Å². The van der Waals surface area contributed by atoms with Gasteiger partial charge in [-0.15, -0.1) is 0 Å². The second-order valence-electron chi connectivity index (χ2n) is 5.86. The number of benzene rings is 1. The van der Waals surface area contributed by atoms with Gasteiger partial charge in [0.15, 0.2) is 0 Å². The molecule has 3 nitrogen and oxygen atoms in total. The van der Waals surface area contributed by atoms with Crippen LogP contribution >= 0.6 is 0 Å². The van der Waals surface area contributed by atoms with Crippen LogP contribution in [0.5, 0.6) is 0 Å². The molecule has 0 aliphatic rings. The van der Waals surface area contributed by atoms with Gasteiger partial charge >= 0.3 is 58.3 Å². The fourth-order valence-corrected chi connectivity index (χ4v) is 2.21. The molecule has 0 aliphatic carbocycles. The predicted octanol–water partition coefficient (Wildman–Crippen LogP) is 2.02. The summed E-state index contributed by atoms with van der Waals surface area (Å²) in [6, 6.07) is 15.7. The molecule has 0 unspecified atom stereocenters. The van der Waals surface area contributed by atoms with E-state index in [1.807, 2.05) is 6.07 Å². The molecule has 4 heteroatoms. The molecule has 1 heterocycles. The molecule has 0 spiro atoms. The molecule has 1 aromatic heterocycles. The second kappa shape index (κ2) is 7.44. The Morgan fingerprint density at radius 3 is 1.48 bits per heavy atom. The molecule has 112 valence electrons. The Morgan fingerprint density at radius 1 is 0.762 bits per heavy atom. The van der Waals surface area contributed by atoms with Crippen LogP contribution < -0.4 is 3.27 Å². The minimum absolute atomic E-state index is 0.567. The monoisotopic (exact) mass is 481 g/mol. The van der Waals surface area contributed by atoms with E-state index in [0.29, 0.717) is 11.4 Å². The molecule has 0 amide bonds. The Morgan fingerprint density at radius 2 is 1.19 bits per heavy atom. The molecule has 0 fully saturated rings. The molecule has 2 radical (unpaired) electrons. The van der Waals surface area contributed by atoms with Crippen molar-refractivity contribution in [1.82, 2.24) is 4.98 Å². The zero-order valence-electron chi connectivity index (χ0n) is 12.9. The summed E-state index contributed by atoms with van der Waals surface area (Å²) in [4.78, 5) is 4.22. The van der Waals surface area contributed by atoms with E-state index >= 15 is 0 Å². The third-order valence-corrected chi connectivity index (χ3v) is 3.92. The van der Waals surface area contributed by atoms with Crippen LogP contribution in [0, 0.1) is 0 Å². The first kappa shape index (κ1) is 18.2. The van der Waals surface area contributed by atoms with Crippen LogP contribution in [0.1, 0.15) is 39.1 Å². The maximum atomic E-state index is 9.74. The summed E-state index contributed by atoms with van der Waals surface area (Å²) in [5.74, 6) is 0. The molecule has 0 aliphatic heterocycles. The molecular weight excluding hydrogens is 459 g/mol. The zero-order chi connectivity index (χ0) is 16.1. The van der Waals surface area contributed by atoms with Crippen molar-refractivity contribution >= 4 is 28.0 Å². The molecule has 0 atom stereocenters. The molecule has 1 aromatic carbocycles. The summed E-state index contributed by atoms with van der Waals surface area (Å²) in [6.07, 6.45) is 0. The molecule has 2 aromatic rings. The van der Waals surface area contributed by atoms with Crippen LogP contribution in [0.2, 0.25) is 0 Å². The zero-order valence-corrected chi connectivity index (χ0v) is 16.4. The van der Waals surface area contributed by atoms with Crippen molar-refractivity contribution in [3.8, 4) is 0 Å². The summed E-state index contributed by atoms with van der Waals surface area (Å²) in [6.45, 7) is 6.68. The standard InChI is InChI=1S/C11H17NO2.C6H5.Bi/c1-10(2,13)8-6-5-7-9(12-8)11(3,4)14;1-2-4-6-5-3-1;/h5-7,13-14H,1-4H3;1-5H;. The van der Waals surface area contributed by atoms with Gasteiger partial charge in [0.05, 0.1) is 11.4 Å². The quantitative estimate of drug-likeness (QED) is 0.646. The van der Waals surface area contributed by atoms with Crippen LogP contribution in [0.25, 0.3) is 0 Å². The van der Waals surface area contributed by atoms with E-state index in [-0.39, 0.29) is 0 Å². The van der Waals surface area contributed by atoms with Crippen molar-refractivity contribution in [3.05, 3.63) is 59.9 Å². The number of aromatic nitrogens is 1. The van der Waals surface area contributed by atoms with Crippen molar-refractivity contribution in [3.63, 3.8) is 0 Å². The van der Waals surface area contributed by atoms with Crippen molar-refractivity contribution < 1.29 is 10.2 Å². The number of hydrogen-bond acceptors (Lipinski definition) is 3. The maximum absolute atomic E-state index is 9.74. The molecule has 0 saturated carbocycles. The van der Waals surface area contributed by atoms with Gasteiger partial charge in [-0.2, -0.15) is 0 Å². The first-order valence-corrected chi connectivity index (χ1v) is 8.51. The van der Waals surface area contributed by atoms with Gasteiger partial charge < -0.3 is 10.2 Å². The van der Waals surface area contributed by atoms with E-state index < -0.39 is 11.2 Å². The topological polar surface area (TPSA) is 53.4 Å². The van der Waals surface area contributed by atoms with Crippen molar-refractivity contribution in [2.45, 2.75) is 38.9 Å². The molecule has 2 rings (SSSR count). The average Bonchev–Trinajstić information content (AvgIpc) is 2.38. The fourth-order valence-electron chi connectivity index (χ4n) is 1.54. The Hall–Kier alpha value is -0.827. The summed E-state index contributed by atoms with van der Waals surface area (Å²) >= 11 is 1.36. The number of rotatable bonds is 2. The molecular formula is C17H22BiNO2. The van der Waals surface area contributed by atoms with Gasteiger partial charge in [-0.25, -0.2) is 0 Å². The Labute approximate surface area is 141 Å². The number of nitrogens with zero attached hydrogens (tertiary/aromatic N) is 1. The summed E-state index contributed by atoms with van der Waals surface area (Å²) in [7, 11) is 0. The normalized spacial score (nSPS) is 11.6. The summed E-state index contributed by atoms with van der Waals surface area (Å²) < 4.78 is 1.43. The van der Waals surface area contributed by atoms with Gasteiger partial charge in [-0.1, -0.05) is 6.07 Å². The molecule has 0 saturated heterocycles.